The minimum atomic E-state index is -0.304. The number of rotatable bonds is 4. The van der Waals surface area contributed by atoms with Gasteiger partial charge < -0.3 is 15.2 Å². The van der Waals surface area contributed by atoms with E-state index in [9.17, 15) is 4.79 Å². The molecule has 2 N–H and O–H groups in total. The van der Waals surface area contributed by atoms with Crippen LogP contribution in [0.4, 0.5) is 5.82 Å². The van der Waals surface area contributed by atoms with E-state index in [4.69, 9.17) is 10.3 Å². The van der Waals surface area contributed by atoms with Crippen LogP contribution in [0.3, 0.4) is 0 Å². The maximum absolute atomic E-state index is 11.5. The fraction of sp³-hybridized carbons (Fsp3) is 0.467. The van der Waals surface area contributed by atoms with Crippen molar-refractivity contribution in [1.82, 2.24) is 15.1 Å². The molecule has 0 radical (unpaired) electrons. The molecular weight excluding hydrogens is 282 g/mol. The van der Waals surface area contributed by atoms with E-state index < -0.39 is 0 Å². The molecule has 2 aromatic heterocycles. The molecule has 1 aliphatic rings. The Balaban J connectivity index is 1.81. The number of aromatic nitrogens is 3. The molecule has 0 spiro atoms. The van der Waals surface area contributed by atoms with Crippen molar-refractivity contribution < 1.29 is 9.32 Å². The minimum Gasteiger partial charge on any atom is -0.368 e. The van der Waals surface area contributed by atoms with Gasteiger partial charge in [0.1, 0.15) is 11.9 Å². The van der Waals surface area contributed by atoms with Gasteiger partial charge in [-0.15, -0.1) is 0 Å². The van der Waals surface area contributed by atoms with Gasteiger partial charge in [0.05, 0.1) is 5.56 Å². The topological polar surface area (TPSA) is 98.1 Å². The van der Waals surface area contributed by atoms with Crippen molar-refractivity contribution in [3.05, 3.63) is 24.2 Å². The van der Waals surface area contributed by atoms with Gasteiger partial charge in [0, 0.05) is 18.7 Å². The standard InChI is InChI=1S/C15H19N5O2/c1-9(2)14-18-15(22-19-14)10-5-6-12(17-8-10)20-7-3-4-11(20)13(16)21/h5-6,8-9,11H,3-4,7H2,1-2H3,(H2,16,21). The smallest absolute Gasteiger partial charge is 0.259 e. The third-order valence-electron chi connectivity index (χ3n) is 3.83. The highest BCUT2D eigenvalue weighted by molar-refractivity contribution is 5.84. The first-order chi connectivity index (χ1) is 10.6. The molecule has 7 heteroatoms. The van der Waals surface area contributed by atoms with Gasteiger partial charge in [-0.05, 0) is 25.0 Å². The quantitative estimate of drug-likeness (QED) is 0.923. The molecule has 22 heavy (non-hydrogen) atoms. The monoisotopic (exact) mass is 301 g/mol. The lowest BCUT2D eigenvalue weighted by molar-refractivity contribution is -0.119. The molecule has 0 saturated carbocycles. The molecule has 1 saturated heterocycles. The Kier molecular flexibility index (Phi) is 3.79. The van der Waals surface area contributed by atoms with E-state index in [-0.39, 0.29) is 17.9 Å². The number of hydrogen-bond donors (Lipinski definition) is 1. The Bertz CT molecular complexity index is 665. The highest BCUT2D eigenvalue weighted by Crippen LogP contribution is 2.26. The van der Waals surface area contributed by atoms with Crippen molar-refractivity contribution in [3.63, 3.8) is 0 Å². The summed E-state index contributed by atoms with van der Waals surface area (Å²) in [6.45, 7) is 4.80. The summed E-state index contributed by atoms with van der Waals surface area (Å²) in [4.78, 5) is 22.2. The van der Waals surface area contributed by atoms with E-state index in [0.29, 0.717) is 11.7 Å². The first-order valence-corrected chi connectivity index (χ1v) is 7.42. The van der Waals surface area contributed by atoms with Crippen LogP contribution in [0.1, 0.15) is 38.4 Å². The van der Waals surface area contributed by atoms with Crippen LogP contribution in [0, 0.1) is 0 Å². The SMILES string of the molecule is CC(C)c1noc(-c2ccc(N3CCCC3C(N)=O)nc2)n1. The van der Waals surface area contributed by atoms with E-state index in [0.717, 1.165) is 30.8 Å². The van der Waals surface area contributed by atoms with Crippen molar-refractivity contribution in [3.8, 4) is 11.5 Å². The summed E-state index contributed by atoms with van der Waals surface area (Å²) in [6.07, 6.45) is 3.40. The summed E-state index contributed by atoms with van der Waals surface area (Å²) >= 11 is 0. The molecule has 1 aliphatic heterocycles. The Morgan fingerprint density at radius 2 is 2.27 bits per heavy atom. The zero-order valence-electron chi connectivity index (χ0n) is 12.7. The molecule has 1 fully saturated rings. The summed E-state index contributed by atoms with van der Waals surface area (Å²) < 4.78 is 5.25. The van der Waals surface area contributed by atoms with Crippen molar-refractivity contribution in [2.45, 2.75) is 38.6 Å². The van der Waals surface area contributed by atoms with Crippen LogP contribution in [0.2, 0.25) is 0 Å². The lowest BCUT2D eigenvalue weighted by Gasteiger charge is -2.23. The fourth-order valence-electron chi connectivity index (χ4n) is 2.61. The molecular formula is C15H19N5O2. The highest BCUT2D eigenvalue weighted by Gasteiger charge is 2.29. The number of amides is 1. The molecule has 7 nitrogen and oxygen atoms in total. The summed E-state index contributed by atoms with van der Waals surface area (Å²) in [7, 11) is 0. The number of anilines is 1. The molecule has 1 atom stereocenters. The number of nitrogens with two attached hydrogens (primary N) is 1. The van der Waals surface area contributed by atoms with Gasteiger partial charge in [-0.2, -0.15) is 4.98 Å². The summed E-state index contributed by atoms with van der Waals surface area (Å²) in [5.74, 6) is 1.78. The molecule has 3 heterocycles. The van der Waals surface area contributed by atoms with Crippen LogP contribution in [0.15, 0.2) is 22.9 Å². The van der Waals surface area contributed by atoms with Gasteiger partial charge >= 0.3 is 0 Å². The molecule has 116 valence electrons. The van der Waals surface area contributed by atoms with Crippen molar-refractivity contribution >= 4 is 11.7 Å². The van der Waals surface area contributed by atoms with Crippen LogP contribution in [-0.4, -0.2) is 33.6 Å². The third kappa shape index (κ3) is 2.66. The highest BCUT2D eigenvalue weighted by atomic mass is 16.5. The predicted octanol–water partition coefficient (Wildman–Crippen LogP) is 1.71. The zero-order valence-corrected chi connectivity index (χ0v) is 12.7. The van der Waals surface area contributed by atoms with Crippen LogP contribution in [0.25, 0.3) is 11.5 Å². The second kappa shape index (κ2) is 5.75. The predicted molar refractivity (Wildman–Crippen MR) is 81.2 cm³/mol. The van der Waals surface area contributed by atoms with Gasteiger partial charge in [0.15, 0.2) is 5.82 Å². The lowest BCUT2D eigenvalue weighted by atomic mass is 10.2. The lowest BCUT2D eigenvalue weighted by Crippen LogP contribution is -2.40. The number of carbonyl (C=O) groups is 1. The molecule has 3 rings (SSSR count). The maximum atomic E-state index is 11.5. The average molecular weight is 301 g/mol. The van der Waals surface area contributed by atoms with Crippen molar-refractivity contribution in [2.24, 2.45) is 5.73 Å². The first-order valence-electron chi connectivity index (χ1n) is 7.42. The number of primary amides is 1. The summed E-state index contributed by atoms with van der Waals surface area (Å²) in [6, 6.07) is 3.46. The van der Waals surface area contributed by atoms with Gasteiger partial charge in [-0.1, -0.05) is 19.0 Å². The van der Waals surface area contributed by atoms with E-state index in [1.54, 1.807) is 6.20 Å². The Labute approximate surface area is 128 Å². The van der Waals surface area contributed by atoms with Gasteiger partial charge in [-0.3, -0.25) is 4.79 Å². The average Bonchev–Trinajstić information content (AvgIpc) is 3.17. The Morgan fingerprint density at radius 3 is 2.86 bits per heavy atom. The van der Waals surface area contributed by atoms with Gasteiger partial charge in [-0.25, -0.2) is 4.98 Å². The third-order valence-corrected chi connectivity index (χ3v) is 3.83. The van der Waals surface area contributed by atoms with E-state index in [1.807, 2.05) is 30.9 Å². The second-order valence-electron chi connectivity index (χ2n) is 5.77. The van der Waals surface area contributed by atoms with E-state index >= 15 is 0 Å². The van der Waals surface area contributed by atoms with E-state index in [2.05, 4.69) is 15.1 Å². The largest absolute Gasteiger partial charge is 0.368 e. The van der Waals surface area contributed by atoms with Crippen LogP contribution >= 0.6 is 0 Å². The maximum Gasteiger partial charge on any atom is 0.259 e. The van der Waals surface area contributed by atoms with Crippen LogP contribution < -0.4 is 10.6 Å². The minimum absolute atomic E-state index is 0.214. The number of nitrogens with zero attached hydrogens (tertiary/aromatic N) is 4. The van der Waals surface area contributed by atoms with Crippen molar-refractivity contribution in [1.29, 1.82) is 0 Å². The fourth-order valence-corrected chi connectivity index (χ4v) is 2.61. The Morgan fingerprint density at radius 1 is 1.45 bits per heavy atom. The molecule has 1 unspecified atom stereocenters. The van der Waals surface area contributed by atoms with Crippen LogP contribution in [0.5, 0.6) is 0 Å². The molecule has 0 aromatic carbocycles. The van der Waals surface area contributed by atoms with Crippen LogP contribution in [-0.2, 0) is 4.79 Å². The molecule has 1 amide bonds. The number of carbonyl (C=O) groups excluding carboxylic acids is 1. The molecule has 0 bridgehead atoms. The molecule has 2 aromatic rings. The zero-order chi connectivity index (χ0) is 15.7. The van der Waals surface area contributed by atoms with Gasteiger partial charge in [0.2, 0.25) is 5.91 Å². The normalized spacial score (nSPS) is 18.1. The second-order valence-corrected chi connectivity index (χ2v) is 5.77. The van der Waals surface area contributed by atoms with Crippen molar-refractivity contribution in [2.75, 3.05) is 11.4 Å². The van der Waals surface area contributed by atoms with Gasteiger partial charge in [0.25, 0.3) is 5.89 Å². The Hall–Kier alpha value is -2.44. The molecule has 0 aliphatic carbocycles. The first kappa shape index (κ1) is 14.5. The summed E-state index contributed by atoms with van der Waals surface area (Å²) in [5, 5.41) is 3.94. The summed E-state index contributed by atoms with van der Waals surface area (Å²) in [5.41, 5.74) is 6.20. The number of pyridine rings is 1. The van der Waals surface area contributed by atoms with E-state index in [1.165, 1.54) is 0 Å². The number of hydrogen-bond acceptors (Lipinski definition) is 6.